The van der Waals surface area contributed by atoms with Crippen molar-refractivity contribution in [2.75, 3.05) is 6.61 Å². The maximum Gasteiger partial charge on any atom is 0.122 e. The molecule has 2 rings (SSSR count). The smallest absolute Gasteiger partial charge is 0.122 e. The van der Waals surface area contributed by atoms with Crippen LogP contribution in [0.5, 0.6) is 0 Å². The molecule has 1 atom stereocenters. The first-order valence-corrected chi connectivity index (χ1v) is 6.32. The van der Waals surface area contributed by atoms with Gasteiger partial charge in [0.05, 0.1) is 5.88 Å². The van der Waals surface area contributed by atoms with Crippen LogP contribution in [0.25, 0.3) is 0 Å². The molecular formula is C10H14ClNOS. The Morgan fingerprint density at radius 3 is 3.00 bits per heavy atom. The Kier molecular flexibility index (Phi) is 3.42. The van der Waals surface area contributed by atoms with Gasteiger partial charge in [-0.05, 0) is 25.7 Å². The molecule has 0 aromatic carbocycles. The van der Waals surface area contributed by atoms with E-state index in [9.17, 15) is 0 Å². The minimum atomic E-state index is 0.224. The van der Waals surface area contributed by atoms with E-state index in [-0.39, 0.29) is 6.10 Å². The van der Waals surface area contributed by atoms with Gasteiger partial charge in [-0.3, -0.25) is 0 Å². The standard InChI is InChI=1S/C10H14ClNOS/c1-2-13-9(7-3-4-7)10-12-6-8(5-11)14-10/h6-7,9H,2-5H2,1H3. The number of hydrogen-bond donors (Lipinski definition) is 0. The molecule has 14 heavy (non-hydrogen) atoms. The SMILES string of the molecule is CCOC(c1ncc(CCl)s1)C1CC1. The third kappa shape index (κ3) is 2.27. The van der Waals surface area contributed by atoms with E-state index in [0.29, 0.717) is 11.8 Å². The molecule has 1 aromatic rings. The third-order valence-electron chi connectivity index (χ3n) is 2.34. The molecule has 1 aliphatic rings. The van der Waals surface area contributed by atoms with Crippen LogP contribution in [-0.2, 0) is 10.6 Å². The van der Waals surface area contributed by atoms with Gasteiger partial charge >= 0.3 is 0 Å². The van der Waals surface area contributed by atoms with E-state index in [1.807, 2.05) is 13.1 Å². The third-order valence-corrected chi connectivity index (χ3v) is 3.85. The summed E-state index contributed by atoms with van der Waals surface area (Å²) in [6.45, 7) is 2.79. The number of aromatic nitrogens is 1. The number of ether oxygens (including phenoxy) is 1. The van der Waals surface area contributed by atoms with Crippen LogP contribution >= 0.6 is 22.9 Å². The molecule has 4 heteroatoms. The monoisotopic (exact) mass is 231 g/mol. The predicted octanol–water partition coefficient (Wildman–Crippen LogP) is 3.37. The lowest BCUT2D eigenvalue weighted by atomic mass is 10.2. The average Bonchev–Trinajstić information content (AvgIpc) is 2.92. The van der Waals surface area contributed by atoms with Gasteiger partial charge in [-0.2, -0.15) is 0 Å². The maximum absolute atomic E-state index is 5.75. The van der Waals surface area contributed by atoms with E-state index in [1.165, 1.54) is 12.8 Å². The van der Waals surface area contributed by atoms with Crippen molar-refractivity contribution in [3.05, 3.63) is 16.1 Å². The molecule has 1 aromatic heterocycles. The van der Waals surface area contributed by atoms with Crippen LogP contribution in [0.1, 0.15) is 35.8 Å². The molecule has 1 aliphatic carbocycles. The van der Waals surface area contributed by atoms with Crippen molar-refractivity contribution in [3.8, 4) is 0 Å². The summed E-state index contributed by atoms with van der Waals surface area (Å²) in [6.07, 6.45) is 4.64. The molecule has 0 bridgehead atoms. The van der Waals surface area contributed by atoms with Crippen LogP contribution < -0.4 is 0 Å². The van der Waals surface area contributed by atoms with Gasteiger partial charge in [-0.1, -0.05) is 0 Å². The van der Waals surface area contributed by atoms with Crippen LogP contribution in [0.4, 0.5) is 0 Å². The van der Waals surface area contributed by atoms with Gasteiger partial charge in [-0.25, -0.2) is 4.98 Å². The molecular weight excluding hydrogens is 218 g/mol. The van der Waals surface area contributed by atoms with Crippen molar-refractivity contribution in [1.29, 1.82) is 0 Å². The number of nitrogens with zero attached hydrogens (tertiary/aromatic N) is 1. The van der Waals surface area contributed by atoms with Gasteiger partial charge in [0.1, 0.15) is 11.1 Å². The summed E-state index contributed by atoms with van der Waals surface area (Å²) in [7, 11) is 0. The highest BCUT2D eigenvalue weighted by molar-refractivity contribution is 7.11. The van der Waals surface area contributed by atoms with Crippen molar-refractivity contribution in [2.45, 2.75) is 31.7 Å². The molecule has 1 unspecified atom stereocenters. The van der Waals surface area contributed by atoms with E-state index < -0.39 is 0 Å². The fraction of sp³-hybridized carbons (Fsp3) is 0.700. The molecule has 0 radical (unpaired) electrons. The van der Waals surface area contributed by atoms with Gasteiger partial charge in [0.2, 0.25) is 0 Å². The molecule has 78 valence electrons. The van der Waals surface area contributed by atoms with Gasteiger partial charge in [0.25, 0.3) is 0 Å². The largest absolute Gasteiger partial charge is 0.371 e. The van der Waals surface area contributed by atoms with Crippen molar-refractivity contribution in [3.63, 3.8) is 0 Å². The van der Waals surface area contributed by atoms with Gasteiger partial charge < -0.3 is 4.74 Å². The summed E-state index contributed by atoms with van der Waals surface area (Å²) in [5.74, 6) is 1.26. The zero-order valence-electron chi connectivity index (χ0n) is 8.20. The Balaban J connectivity index is 2.08. The van der Waals surface area contributed by atoms with Crippen molar-refractivity contribution in [2.24, 2.45) is 5.92 Å². The van der Waals surface area contributed by atoms with Crippen molar-refractivity contribution >= 4 is 22.9 Å². The summed E-state index contributed by atoms with van der Waals surface area (Å²) >= 11 is 7.43. The summed E-state index contributed by atoms with van der Waals surface area (Å²) in [5, 5.41) is 1.10. The fourth-order valence-electron chi connectivity index (χ4n) is 1.50. The number of rotatable bonds is 5. The molecule has 1 heterocycles. The van der Waals surface area contributed by atoms with E-state index in [4.69, 9.17) is 16.3 Å². The topological polar surface area (TPSA) is 22.1 Å². The summed E-state index contributed by atoms with van der Waals surface area (Å²) < 4.78 is 5.71. The molecule has 0 amide bonds. The Bertz CT molecular complexity index is 298. The number of halogens is 1. The van der Waals surface area contributed by atoms with Crippen LogP contribution in [-0.4, -0.2) is 11.6 Å². The molecule has 0 aliphatic heterocycles. The van der Waals surface area contributed by atoms with Gasteiger partial charge in [0.15, 0.2) is 0 Å². The minimum absolute atomic E-state index is 0.224. The predicted molar refractivity (Wildman–Crippen MR) is 58.8 cm³/mol. The first-order valence-electron chi connectivity index (χ1n) is 4.97. The molecule has 0 spiro atoms. The fourth-order valence-corrected chi connectivity index (χ4v) is 2.65. The molecule has 1 fully saturated rings. The first-order chi connectivity index (χ1) is 6.85. The van der Waals surface area contributed by atoms with Crippen LogP contribution in [0.15, 0.2) is 6.20 Å². The van der Waals surface area contributed by atoms with Gasteiger partial charge in [-0.15, -0.1) is 22.9 Å². The highest BCUT2D eigenvalue weighted by atomic mass is 35.5. The zero-order valence-corrected chi connectivity index (χ0v) is 9.77. The van der Waals surface area contributed by atoms with E-state index in [0.717, 1.165) is 16.5 Å². The summed E-state index contributed by atoms with van der Waals surface area (Å²) in [5.41, 5.74) is 0. The number of hydrogen-bond acceptors (Lipinski definition) is 3. The highest BCUT2D eigenvalue weighted by Gasteiger charge is 2.34. The zero-order chi connectivity index (χ0) is 9.97. The second-order valence-corrected chi connectivity index (χ2v) is 4.93. The van der Waals surface area contributed by atoms with Crippen molar-refractivity contribution < 1.29 is 4.74 Å². The Morgan fingerprint density at radius 2 is 2.50 bits per heavy atom. The molecule has 1 saturated carbocycles. The quantitative estimate of drug-likeness (QED) is 0.725. The molecule has 2 nitrogen and oxygen atoms in total. The molecule has 0 N–H and O–H groups in total. The number of alkyl halides is 1. The van der Waals surface area contributed by atoms with Crippen LogP contribution in [0.3, 0.4) is 0 Å². The molecule has 0 saturated heterocycles. The Hall–Kier alpha value is -0.120. The maximum atomic E-state index is 5.75. The van der Waals surface area contributed by atoms with Crippen LogP contribution in [0, 0.1) is 5.92 Å². The van der Waals surface area contributed by atoms with Crippen LogP contribution in [0.2, 0.25) is 0 Å². The highest BCUT2D eigenvalue weighted by Crippen LogP contribution is 2.44. The van der Waals surface area contributed by atoms with Gasteiger partial charge in [0, 0.05) is 17.7 Å². The Labute approximate surface area is 93.3 Å². The van der Waals surface area contributed by atoms with E-state index in [1.54, 1.807) is 11.3 Å². The lowest BCUT2D eigenvalue weighted by molar-refractivity contribution is 0.0462. The first kappa shape index (κ1) is 10.4. The summed E-state index contributed by atoms with van der Waals surface area (Å²) in [6, 6.07) is 0. The summed E-state index contributed by atoms with van der Waals surface area (Å²) in [4.78, 5) is 5.51. The lowest BCUT2D eigenvalue weighted by Crippen LogP contribution is -2.05. The van der Waals surface area contributed by atoms with E-state index in [2.05, 4.69) is 4.98 Å². The average molecular weight is 232 g/mol. The minimum Gasteiger partial charge on any atom is -0.371 e. The van der Waals surface area contributed by atoms with E-state index >= 15 is 0 Å². The Morgan fingerprint density at radius 1 is 1.71 bits per heavy atom. The lowest BCUT2D eigenvalue weighted by Gasteiger charge is -2.12. The second-order valence-electron chi connectivity index (χ2n) is 3.51. The second kappa shape index (κ2) is 4.60. The van der Waals surface area contributed by atoms with Crippen molar-refractivity contribution in [1.82, 2.24) is 4.98 Å². The number of thiazole rings is 1. The normalized spacial score (nSPS) is 18.4.